The third-order valence-electron chi connectivity index (χ3n) is 4.66. The lowest BCUT2D eigenvalue weighted by atomic mass is 9.73. The van der Waals surface area contributed by atoms with Crippen molar-refractivity contribution in [1.29, 1.82) is 0 Å². The first kappa shape index (κ1) is 11.4. The molecule has 3 atom stereocenters. The number of hydrogen-bond acceptors (Lipinski definition) is 4. The minimum atomic E-state index is -0.390. The van der Waals surface area contributed by atoms with Gasteiger partial charge >= 0.3 is 0 Å². The second-order valence-corrected chi connectivity index (χ2v) is 5.80. The molecule has 1 aromatic carbocycles. The minimum absolute atomic E-state index is 0.0469. The van der Waals surface area contributed by atoms with Gasteiger partial charge in [-0.05, 0) is 30.4 Å². The summed E-state index contributed by atoms with van der Waals surface area (Å²) in [7, 11) is 0. The van der Waals surface area contributed by atoms with Crippen molar-refractivity contribution in [2.24, 2.45) is 5.41 Å². The summed E-state index contributed by atoms with van der Waals surface area (Å²) in [5, 5.41) is 0. The van der Waals surface area contributed by atoms with Gasteiger partial charge in [-0.3, -0.25) is 4.79 Å². The maximum Gasteiger partial charge on any atom is 0.293 e. The number of carbonyl (C=O) groups excluding carboxylic acids is 1. The van der Waals surface area contributed by atoms with Crippen molar-refractivity contribution in [1.82, 2.24) is 0 Å². The molecule has 0 aromatic heterocycles. The van der Waals surface area contributed by atoms with Crippen LogP contribution in [0.1, 0.15) is 17.5 Å². The Bertz CT molecular complexity index is 488. The second kappa shape index (κ2) is 4.05. The molecule has 4 nitrogen and oxygen atoms in total. The number of rotatable bonds is 2. The van der Waals surface area contributed by atoms with E-state index >= 15 is 0 Å². The van der Waals surface area contributed by atoms with Gasteiger partial charge < -0.3 is 14.2 Å². The number of benzene rings is 1. The predicted molar refractivity (Wildman–Crippen MR) is 66.5 cm³/mol. The number of ether oxygens (including phenoxy) is 3. The van der Waals surface area contributed by atoms with E-state index in [0.717, 1.165) is 19.3 Å². The molecule has 1 aromatic rings. The van der Waals surface area contributed by atoms with Crippen LogP contribution in [0.5, 0.6) is 0 Å². The zero-order valence-corrected chi connectivity index (χ0v) is 10.6. The van der Waals surface area contributed by atoms with E-state index in [0.29, 0.717) is 13.1 Å². The van der Waals surface area contributed by atoms with E-state index in [2.05, 4.69) is 24.3 Å². The molecule has 2 bridgehead atoms. The van der Waals surface area contributed by atoms with E-state index in [4.69, 9.17) is 14.2 Å². The Balaban J connectivity index is 1.71. The minimum Gasteiger partial charge on any atom is -0.459 e. The Morgan fingerprint density at radius 2 is 2.00 bits per heavy atom. The quantitative estimate of drug-likeness (QED) is 0.755. The molecule has 2 heterocycles. The van der Waals surface area contributed by atoms with E-state index < -0.39 is 6.29 Å². The van der Waals surface area contributed by atoms with Gasteiger partial charge in [0, 0.05) is 5.41 Å². The molecular formula is C15H16O4. The van der Waals surface area contributed by atoms with Crippen LogP contribution < -0.4 is 0 Å². The van der Waals surface area contributed by atoms with Gasteiger partial charge in [0.25, 0.3) is 6.47 Å². The summed E-state index contributed by atoms with van der Waals surface area (Å²) in [6.45, 7) is 1.14. The standard InChI is InChI=1S/C15H16O4/c16-9-18-13-14-17-8-12(19-14)7-15(13)5-10-3-1-2-4-11(10)6-15/h1-4,9,12-14H,5-8H2/t12-,13?,14+/m0/s1. The van der Waals surface area contributed by atoms with Crippen molar-refractivity contribution in [2.45, 2.75) is 37.8 Å². The fourth-order valence-electron chi connectivity index (χ4n) is 3.93. The smallest absolute Gasteiger partial charge is 0.293 e. The van der Waals surface area contributed by atoms with Crippen molar-refractivity contribution >= 4 is 6.47 Å². The summed E-state index contributed by atoms with van der Waals surface area (Å²) >= 11 is 0. The molecule has 4 heteroatoms. The van der Waals surface area contributed by atoms with Crippen LogP contribution in [0.2, 0.25) is 0 Å². The highest BCUT2D eigenvalue weighted by Crippen LogP contribution is 2.50. The Kier molecular flexibility index (Phi) is 2.44. The maximum absolute atomic E-state index is 10.8. The maximum atomic E-state index is 10.8. The van der Waals surface area contributed by atoms with Crippen LogP contribution in [0.4, 0.5) is 0 Å². The zero-order chi connectivity index (χ0) is 12.9. The first-order chi connectivity index (χ1) is 9.31. The summed E-state index contributed by atoms with van der Waals surface area (Å²) in [5.74, 6) is 0. The Morgan fingerprint density at radius 3 is 2.68 bits per heavy atom. The fraction of sp³-hybridized carbons (Fsp3) is 0.533. The molecule has 19 heavy (non-hydrogen) atoms. The Hall–Kier alpha value is -1.39. The van der Waals surface area contributed by atoms with E-state index in [9.17, 15) is 4.79 Å². The highest BCUT2D eigenvalue weighted by atomic mass is 16.7. The number of fused-ring (bicyclic) bond motifs is 3. The summed E-state index contributed by atoms with van der Waals surface area (Å²) in [5.41, 5.74) is 2.68. The molecule has 4 rings (SSSR count). The predicted octanol–water partition coefficient (Wildman–Crippen LogP) is 1.46. The van der Waals surface area contributed by atoms with Gasteiger partial charge in [0.1, 0.15) is 0 Å². The second-order valence-electron chi connectivity index (χ2n) is 5.80. The Morgan fingerprint density at radius 1 is 1.26 bits per heavy atom. The largest absolute Gasteiger partial charge is 0.459 e. The van der Waals surface area contributed by atoms with Crippen LogP contribution in [0.25, 0.3) is 0 Å². The van der Waals surface area contributed by atoms with Crippen LogP contribution in [0, 0.1) is 5.41 Å². The summed E-state index contributed by atoms with van der Waals surface area (Å²) < 4.78 is 16.7. The molecule has 1 aliphatic carbocycles. The third-order valence-corrected chi connectivity index (χ3v) is 4.66. The van der Waals surface area contributed by atoms with Crippen molar-refractivity contribution < 1.29 is 19.0 Å². The lowest BCUT2D eigenvalue weighted by Gasteiger charge is -2.42. The molecule has 1 spiro atoms. The van der Waals surface area contributed by atoms with Gasteiger partial charge in [0.2, 0.25) is 0 Å². The molecule has 2 fully saturated rings. The SMILES string of the molecule is O=COC1[C@@H]2OC[C@H](CC13Cc1ccccc1C3)O2. The fourth-order valence-corrected chi connectivity index (χ4v) is 3.93. The van der Waals surface area contributed by atoms with Crippen LogP contribution in [0.3, 0.4) is 0 Å². The molecule has 1 unspecified atom stereocenters. The van der Waals surface area contributed by atoms with Gasteiger partial charge in [-0.2, -0.15) is 0 Å². The first-order valence-corrected chi connectivity index (χ1v) is 6.74. The van der Waals surface area contributed by atoms with Gasteiger partial charge in [-0.25, -0.2) is 0 Å². The van der Waals surface area contributed by atoms with E-state index in [1.54, 1.807) is 0 Å². The molecule has 0 amide bonds. The normalized spacial score (nSPS) is 34.2. The zero-order valence-electron chi connectivity index (χ0n) is 10.6. The third kappa shape index (κ3) is 1.63. The highest BCUT2D eigenvalue weighted by Gasteiger charge is 2.56. The molecule has 0 saturated carbocycles. The molecule has 100 valence electrons. The monoisotopic (exact) mass is 260 g/mol. The van der Waals surface area contributed by atoms with Crippen molar-refractivity contribution in [3.8, 4) is 0 Å². The highest BCUT2D eigenvalue weighted by molar-refractivity contribution is 5.40. The summed E-state index contributed by atoms with van der Waals surface area (Å²) in [6.07, 6.45) is 2.25. The van der Waals surface area contributed by atoms with E-state index in [-0.39, 0.29) is 17.6 Å². The molecule has 0 radical (unpaired) electrons. The lowest BCUT2D eigenvalue weighted by molar-refractivity contribution is -0.215. The van der Waals surface area contributed by atoms with Gasteiger partial charge in [-0.15, -0.1) is 0 Å². The first-order valence-electron chi connectivity index (χ1n) is 6.74. The molecule has 3 aliphatic rings. The van der Waals surface area contributed by atoms with Crippen molar-refractivity contribution in [3.63, 3.8) is 0 Å². The average Bonchev–Trinajstić information content (AvgIpc) is 2.97. The van der Waals surface area contributed by atoms with Crippen molar-refractivity contribution in [3.05, 3.63) is 35.4 Å². The molecule has 2 saturated heterocycles. The van der Waals surface area contributed by atoms with Gasteiger partial charge in [0.05, 0.1) is 12.7 Å². The lowest BCUT2D eigenvalue weighted by Crippen LogP contribution is -2.51. The summed E-state index contributed by atoms with van der Waals surface area (Å²) in [6, 6.07) is 8.47. The van der Waals surface area contributed by atoms with Crippen LogP contribution in [-0.2, 0) is 31.8 Å². The van der Waals surface area contributed by atoms with Gasteiger partial charge in [-0.1, -0.05) is 24.3 Å². The molecular weight excluding hydrogens is 244 g/mol. The van der Waals surface area contributed by atoms with Crippen LogP contribution in [0.15, 0.2) is 24.3 Å². The number of hydrogen-bond donors (Lipinski definition) is 0. The molecule has 0 N–H and O–H groups in total. The van der Waals surface area contributed by atoms with E-state index in [1.165, 1.54) is 11.1 Å². The van der Waals surface area contributed by atoms with Crippen LogP contribution >= 0.6 is 0 Å². The van der Waals surface area contributed by atoms with Crippen molar-refractivity contribution in [2.75, 3.05) is 6.61 Å². The topological polar surface area (TPSA) is 44.8 Å². The van der Waals surface area contributed by atoms with Crippen LogP contribution in [-0.4, -0.2) is 31.6 Å². The Labute approximate surface area is 111 Å². The number of carbonyl (C=O) groups is 1. The van der Waals surface area contributed by atoms with E-state index in [1.807, 2.05) is 0 Å². The van der Waals surface area contributed by atoms with Gasteiger partial charge in [0.15, 0.2) is 12.4 Å². The summed E-state index contributed by atoms with van der Waals surface area (Å²) in [4.78, 5) is 10.8. The molecule has 2 aliphatic heterocycles. The average molecular weight is 260 g/mol.